The number of carboxylic acids is 3. The third-order valence-corrected chi connectivity index (χ3v) is 6.91. The van der Waals surface area contributed by atoms with Gasteiger partial charge in [0.15, 0.2) is 0 Å². The minimum absolute atomic E-state index is 0.343. The lowest BCUT2D eigenvalue weighted by Gasteiger charge is -2.03. The van der Waals surface area contributed by atoms with Crippen LogP contribution in [-0.2, 0) is 14.4 Å². The van der Waals surface area contributed by atoms with Crippen molar-refractivity contribution in [2.24, 2.45) is 0 Å². The van der Waals surface area contributed by atoms with Crippen LogP contribution >= 0.6 is 0 Å². The number of unbranched alkanes of at least 4 members (excludes halogenated alkanes) is 22. The maximum absolute atomic E-state index is 10.3. The van der Waals surface area contributed by atoms with Crippen LogP contribution in [-0.4, -0.2) is 67.9 Å². The molecule has 0 heterocycles. The smallest absolute Gasteiger partial charge is 0.303 e. The van der Waals surface area contributed by atoms with Crippen LogP contribution in [0, 0.1) is 0 Å². The summed E-state index contributed by atoms with van der Waals surface area (Å²) in [5.41, 5.74) is 0. The molecular formula is C35H72O9. The van der Waals surface area contributed by atoms with Gasteiger partial charge in [-0.15, -0.1) is 0 Å². The summed E-state index contributed by atoms with van der Waals surface area (Å²) in [6.45, 7) is 4.85. The van der Waals surface area contributed by atoms with Crippen LogP contribution in [0.4, 0.5) is 0 Å². The van der Waals surface area contributed by atoms with Crippen LogP contribution < -0.4 is 0 Å². The van der Waals surface area contributed by atoms with Gasteiger partial charge in [-0.25, -0.2) is 0 Å². The highest BCUT2D eigenvalue weighted by Gasteiger charge is 1.98. The molecule has 266 valence electrons. The third-order valence-electron chi connectivity index (χ3n) is 6.91. The fraction of sp³-hybridized carbons (Fsp3) is 0.914. The second-order valence-electron chi connectivity index (χ2n) is 11.6. The van der Waals surface area contributed by atoms with Crippen molar-refractivity contribution in [1.29, 1.82) is 0 Å². The molecule has 0 amide bonds. The molecule has 0 aromatic carbocycles. The predicted molar refractivity (Wildman–Crippen MR) is 180 cm³/mol. The number of carboxylic acid groups (broad SMARTS) is 3. The van der Waals surface area contributed by atoms with Gasteiger partial charge in [-0.2, -0.15) is 0 Å². The Labute approximate surface area is 269 Å². The Kier molecular flexibility index (Phi) is 51.1. The standard InChI is InChI=1S/C18H36O2.C12H24O2.C3H8O3.C2H4O2/c1-2-3-4-5-6-7-8-9-10-11-12-13-14-15-16-17-18(19)20;1-2-3-4-5-6-7-8-9-10-11-12(13)14;4-1-3(6)2-5;1-2(3)4/h2-17H2,1H3,(H,19,20);2-11H2,1H3,(H,13,14);3-6H,1-2H2;1H3,(H,3,4). The number of aliphatic carboxylic acids is 3. The van der Waals surface area contributed by atoms with E-state index in [9.17, 15) is 9.59 Å². The zero-order chi connectivity index (χ0) is 34.1. The van der Waals surface area contributed by atoms with Crippen molar-refractivity contribution in [2.75, 3.05) is 13.2 Å². The fourth-order valence-corrected chi connectivity index (χ4v) is 4.29. The molecule has 0 bridgehead atoms. The summed E-state index contributed by atoms with van der Waals surface area (Å²) in [6, 6.07) is 0. The van der Waals surface area contributed by atoms with Crippen LogP contribution in [0.15, 0.2) is 0 Å². The van der Waals surface area contributed by atoms with E-state index in [1.165, 1.54) is 128 Å². The van der Waals surface area contributed by atoms with E-state index in [2.05, 4.69) is 13.8 Å². The Bertz CT molecular complexity index is 562. The molecule has 0 spiro atoms. The average Bonchev–Trinajstić information content (AvgIpc) is 2.98. The van der Waals surface area contributed by atoms with E-state index in [1.54, 1.807) is 0 Å². The third kappa shape index (κ3) is 67.8. The Morgan fingerprint density at radius 1 is 0.432 bits per heavy atom. The molecule has 0 unspecified atom stereocenters. The molecule has 0 aliphatic rings. The van der Waals surface area contributed by atoms with Gasteiger partial charge in [0.25, 0.3) is 5.97 Å². The molecule has 0 fully saturated rings. The van der Waals surface area contributed by atoms with E-state index in [0.717, 1.165) is 32.6 Å². The number of aliphatic hydroxyl groups is 3. The largest absolute Gasteiger partial charge is 0.481 e. The number of carbonyl (C=O) groups is 3. The molecule has 6 N–H and O–H groups in total. The van der Waals surface area contributed by atoms with Gasteiger partial charge in [-0.05, 0) is 12.8 Å². The summed E-state index contributed by atoms with van der Waals surface area (Å²) in [5, 5.41) is 48.4. The fourth-order valence-electron chi connectivity index (χ4n) is 4.29. The van der Waals surface area contributed by atoms with Crippen LogP contribution in [0.2, 0.25) is 0 Å². The summed E-state index contributed by atoms with van der Waals surface area (Å²) >= 11 is 0. The van der Waals surface area contributed by atoms with E-state index in [4.69, 9.17) is 35.4 Å². The number of rotatable bonds is 28. The van der Waals surface area contributed by atoms with Crippen molar-refractivity contribution >= 4 is 17.9 Å². The van der Waals surface area contributed by atoms with E-state index < -0.39 is 24.0 Å². The van der Waals surface area contributed by atoms with Crippen molar-refractivity contribution < 1.29 is 45.0 Å². The molecule has 44 heavy (non-hydrogen) atoms. The van der Waals surface area contributed by atoms with E-state index in [-0.39, 0.29) is 13.2 Å². The van der Waals surface area contributed by atoms with Crippen LogP contribution in [0.25, 0.3) is 0 Å². The van der Waals surface area contributed by atoms with Gasteiger partial charge in [-0.3, -0.25) is 14.4 Å². The van der Waals surface area contributed by atoms with Crippen molar-refractivity contribution in [3.63, 3.8) is 0 Å². The summed E-state index contributed by atoms with van der Waals surface area (Å²) in [4.78, 5) is 29.5. The molecule has 0 saturated carbocycles. The lowest BCUT2D eigenvalue weighted by atomic mass is 10.0. The normalized spacial score (nSPS) is 10.2. The van der Waals surface area contributed by atoms with Crippen molar-refractivity contribution in [3.05, 3.63) is 0 Å². The SMILES string of the molecule is CC(=O)O.CCCCCCCCCCCC(=O)O.CCCCCCCCCCCCCCCCCC(=O)O.OCC(O)CO. The molecule has 9 nitrogen and oxygen atoms in total. The highest BCUT2D eigenvalue weighted by atomic mass is 16.4. The van der Waals surface area contributed by atoms with E-state index in [1.807, 2.05) is 0 Å². The summed E-state index contributed by atoms with van der Waals surface area (Å²) in [5.74, 6) is -2.15. The first-order valence-electron chi connectivity index (χ1n) is 17.6. The summed E-state index contributed by atoms with van der Waals surface area (Å²) in [6.07, 6.45) is 30.7. The number of hydrogen-bond acceptors (Lipinski definition) is 6. The molecular weight excluding hydrogens is 564 g/mol. The number of hydrogen-bond donors (Lipinski definition) is 6. The Balaban J connectivity index is -0.000000286. The molecule has 9 heteroatoms. The second-order valence-corrected chi connectivity index (χ2v) is 11.6. The quantitative estimate of drug-likeness (QED) is 0.0459. The molecule has 0 radical (unpaired) electrons. The van der Waals surface area contributed by atoms with Gasteiger partial charge in [-0.1, -0.05) is 155 Å². The zero-order valence-electron chi connectivity index (χ0n) is 28.8. The summed E-state index contributed by atoms with van der Waals surface area (Å²) in [7, 11) is 0. The van der Waals surface area contributed by atoms with Crippen molar-refractivity contribution in [2.45, 2.75) is 194 Å². The van der Waals surface area contributed by atoms with E-state index >= 15 is 0 Å². The van der Waals surface area contributed by atoms with Crippen LogP contribution in [0.5, 0.6) is 0 Å². The van der Waals surface area contributed by atoms with Gasteiger partial charge in [0.2, 0.25) is 0 Å². The van der Waals surface area contributed by atoms with Gasteiger partial charge < -0.3 is 30.6 Å². The molecule has 0 aliphatic heterocycles. The Hall–Kier alpha value is -1.71. The van der Waals surface area contributed by atoms with Crippen LogP contribution in [0.1, 0.15) is 188 Å². The number of aliphatic hydroxyl groups excluding tert-OH is 3. The predicted octanol–water partition coefficient (Wildman–Crippen LogP) is 8.75. The van der Waals surface area contributed by atoms with Gasteiger partial charge >= 0.3 is 11.9 Å². The second kappa shape index (κ2) is 45.7. The van der Waals surface area contributed by atoms with Crippen molar-refractivity contribution in [3.8, 4) is 0 Å². The summed E-state index contributed by atoms with van der Waals surface area (Å²) < 4.78 is 0. The highest BCUT2D eigenvalue weighted by Crippen LogP contribution is 2.14. The first-order valence-corrected chi connectivity index (χ1v) is 17.6. The molecule has 0 aliphatic carbocycles. The van der Waals surface area contributed by atoms with Gasteiger partial charge in [0.05, 0.1) is 13.2 Å². The van der Waals surface area contributed by atoms with Crippen LogP contribution in [0.3, 0.4) is 0 Å². The molecule has 0 aromatic rings. The van der Waals surface area contributed by atoms with Crippen molar-refractivity contribution in [1.82, 2.24) is 0 Å². The average molecular weight is 637 g/mol. The maximum Gasteiger partial charge on any atom is 0.303 e. The Morgan fingerprint density at radius 3 is 0.750 bits per heavy atom. The minimum atomic E-state index is -0.954. The molecule has 0 rings (SSSR count). The lowest BCUT2D eigenvalue weighted by molar-refractivity contribution is -0.138. The molecule has 0 saturated heterocycles. The molecule has 0 atom stereocenters. The first-order chi connectivity index (χ1) is 21.1. The monoisotopic (exact) mass is 637 g/mol. The minimum Gasteiger partial charge on any atom is -0.481 e. The highest BCUT2D eigenvalue weighted by molar-refractivity contribution is 5.66. The Morgan fingerprint density at radius 2 is 0.614 bits per heavy atom. The van der Waals surface area contributed by atoms with Gasteiger partial charge in [0.1, 0.15) is 6.10 Å². The zero-order valence-corrected chi connectivity index (χ0v) is 28.8. The first kappa shape index (κ1) is 49.2. The topological polar surface area (TPSA) is 173 Å². The molecule has 0 aromatic heterocycles. The van der Waals surface area contributed by atoms with Gasteiger partial charge in [0, 0.05) is 19.8 Å². The lowest BCUT2D eigenvalue weighted by Crippen LogP contribution is -2.15. The van der Waals surface area contributed by atoms with E-state index in [0.29, 0.717) is 12.8 Å². The maximum atomic E-state index is 10.3.